The van der Waals surface area contributed by atoms with E-state index in [2.05, 4.69) is 25.4 Å². The lowest BCUT2D eigenvalue weighted by Gasteiger charge is -2.31. The molecule has 3 heterocycles. The number of piperidine rings is 1. The van der Waals surface area contributed by atoms with Gasteiger partial charge in [0.25, 0.3) is 0 Å². The quantitative estimate of drug-likeness (QED) is 0.773. The fraction of sp³-hybridized carbons (Fsp3) is 0.333. The average molecular weight is 361 g/mol. The van der Waals surface area contributed by atoms with E-state index >= 15 is 0 Å². The fourth-order valence-corrected chi connectivity index (χ4v) is 3.53. The maximum atomic E-state index is 12.8. The second kappa shape index (κ2) is 7.31. The highest BCUT2D eigenvalue weighted by Crippen LogP contribution is 2.26. The van der Waals surface area contributed by atoms with Crippen LogP contribution < -0.4 is 10.2 Å². The Morgan fingerprint density at radius 2 is 1.78 bits per heavy atom. The number of hydrogen-bond acceptors (Lipinski definition) is 5. The zero-order valence-electron chi connectivity index (χ0n) is 15.6. The van der Waals surface area contributed by atoms with Gasteiger partial charge < -0.3 is 10.2 Å². The standard InChI is InChI=1S/C21H23N5O/c1-14-6-8-17-18(22-14)4-3-5-19(17)23-21(27)16-10-12-26(13-11-16)20-9-7-15(2)24-25-20/h3-9,16H,10-13H2,1-2H3,(H,23,27). The number of pyridine rings is 1. The molecule has 1 saturated heterocycles. The minimum absolute atomic E-state index is 0.00770. The number of aromatic nitrogens is 3. The monoisotopic (exact) mass is 361 g/mol. The van der Waals surface area contributed by atoms with Crippen molar-refractivity contribution in [2.75, 3.05) is 23.3 Å². The molecule has 1 aromatic carbocycles. The van der Waals surface area contributed by atoms with Crippen molar-refractivity contribution in [3.63, 3.8) is 0 Å². The number of fused-ring (bicyclic) bond motifs is 1. The van der Waals surface area contributed by atoms with Crippen molar-refractivity contribution in [2.45, 2.75) is 26.7 Å². The molecular formula is C21H23N5O. The van der Waals surface area contributed by atoms with Crippen molar-refractivity contribution < 1.29 is 4.79 Å². The lowest BCUT2D eigenvalue weighted by molar-refractivity contribution is -0.120. The Balaban J connectivity index is 1.42. The molecular weight excluding hydrogens is 338 g/mol. The first-order valence-electron chi connectivity index (χ1n) is 9.33. The minimum Gasteiger partial charge on any atom is -0.355 e. The SMILES string of the molecule is Cc1ccc(N2CCC(C(=O)Nc3cccc4nc(C)ccc34)CC2)nn1. The van der Waals surface area contributed by atoms with Gasteiger partial charge in [-0.15, -0.1) is 5.10 Å². The fourth-order valence-electron chi connectivity index (χ4n) is 3.53. The summed E-state index contributed by atoms with van der Waals surface area (Å²) in [6.45, 7) is 5.52. The summed E-state index contributed by atoms with van der Waals surface area (Å²) in [5.74, 6) is 0.973. The molecule has 0 saturated carbocycles. The molecule has 6 nitrogen and oxygen atoms in total. The van der Waals surface area contributed by atoms with Gasteiger partial charge in [0.2, 0.25) is 5.91 Å². The Morgan fingerprint density at radius 1 is 1.00 bits per heavy atom. The number of hydrogen-bond donors (Lipinski definition) is 1. The summed E-state index contributed by atoms with van der Waals surface area (Å²) in [5.41, 5.74) is 3.61. The average Bonchev–Trinajstić information content (AvgIpc) is 2.68. The molecule has 3 aromatic rings. The molecule has 1 amide bonds. The highest BCUT2D eigenvalue weighted by atomic mass is 16.1. The summed E-state index contributed by atoms with van der Waals surface area (Å²) >= 11 is 0. The Kier molecular flexibility index (Phi) is 4.71. The van der Waals surface area contributed by atoms with Crippen molar-refractivity contribution in [1.29, 1.82) is 0 Å². The Morgan fingerprint density at radius 3 is 2.52 bits per heavy atom. The van der Waals surface area contributed by atoms with Crippen LogP contribution in [0.3, 0.4) is 0 Å². The number of benzene rings is 1. The number of aryl methyl sites for hydroxylation is 2. The van der Waals surface area contributed by atoms with E-state index in [0.717, 1.165) is 59.7 Å². The molecule has 0 radical (unpaired) electrons. The van der Waals surface area contributed by atoms with E-state index in [0.29, 0.717) is 0 Å². The molecule has 1 aliphatic rings. The van der Waals surface area contributed by atoms with E-state index < -0.39 is 0 Å². The molecule has 0 aliphatic carbocycles. The van der Waals surface area contributed by atoms with Crippen molar-refractivity contribution in [2.24, 2.45) is 5.92 Å². The molecule has 27 heavy (non-hydrogen) atoms. The van der Waals surface area contributed by atoms with Gasteiger partial charge in [-0.25, -0.2) is 0 Å². The normalized spacial score (nSPS) is 15.1. The molecule has 0 spiro atoms. The number of nitrogens with one attached hydrogen (secondary N) is 1. The van der Waals surface area contributed by atoms with Crippen molar-refractivity contribution in [1.82, 2.24) is 15.2 Å². The molecule has 6 heteroatoms. The number of carbonyl (C=O) groups is 1. The summed E-state index contributed by atoms with van der Waals surface area (Å²) in [7, 11) is 0. The van der Waals surface area contributed by atoms with Crippen LogP contribution in [0.25, 0.3) is 10.9 Å². The van der Waals surface area contributed by atoms with E-state index in [-0.39, 0.29) is 11.8 Å². The number of anilines is 2. The van der Waals surface area contributed by atoms with Crippen LogP contribution in [0.4, 0.5) is 11.5 Å². The largest absolute Gasteiger partial charge is 0.355 e. The maximum Gasteiger partial charge on any atom is 0.227 e. The van der Waals surface area contributed by atoms with Crippen molar-refractivity contribution in [3.8, 4) is 0 Å². The molecule has 2 aromatic heterocycles. The predicted octanol–water partition coefficient (Wildman–Crippen LogP) is 3.50. The molecule has 1 aliphatic heterocycles. The van der Waals surface area contributed by atoms with E-state index in [1.165, 1.54) is 0 Å². The summed E-state index contributed by atoms with van der Waals surface area (Å²) < 4.78 is 0. The Hall–Kier alpha value is -3.02. The van der Waals surface area contributed by atoms with E-state index in [1.54, 1.807) is 0 Å². The van der Waals surface area contributed by atoms with Gasteiger partial charge in [0.15, 0.2) is 5.82 Å². The van der Waals surface area contributed by atoms with Gasteiger partial charge in [0, 0.05) is 30.1 Å². The molecule has 0 atom stereocenters. The first-order valence-corrected chi connectivity index (χ1v) is 9.33. The third-order valence-corrected chi connectivity index (χ3v) is 5.10. The molecule has 1 fully saturated rings. The topological polar surface area (TPSA) is 71.0 Å². The molecule has 0 bridgehead atoms. The second-order valence-electron chi connectivity index (χ2n) is 7.11. The number of nitrogens with zero attached hydrogens (tertiary/aromatic N) is 4. The van der Waals surface area contributed by atoms with Crippen LogP contribution in [-0.2, 0) is 4.79 Å². The Bertz CT molecular complexity index is 962. The number of rotatable bonds is 3. The van der Waals surface area contributed by atoms with Crippen LogP contribution in [0.2, 0.25) is 0 Å². The third kappa shape index (κ3) is 3.74. The van der Waals surface area contributed by atoms with Crippen LogP contribution >= 0.6 is 0 Å². The lowest BCUT2D eigenvalue weighted by atomic mass is 9.95. The van der Waals surface area contributed by atoms with E-state index in [1.807, 2.05) is 56.3 Å². The van der Waals surface area contributed by atoms with Gasteiger partial charge in [-0.05, 0) is 63.1 Å². The zero-order valence-corrected chi connectivity index (χ0v) is 15.6. The van der Waals surface area contributed by atoms with E-state index in [4.69, 9.17) is 0 Å². The molecule has 138 valence electrons. The van der Waals surface area contributed by atoms with Crippen LogP contribution in [0.1, 0.15) is 24.2 Å². The predicted molar refractivity (Wildman–Crippen MR) is 107 cm³/mol. The second-order valence-corrected chi connectivity index (χ2v) is 7.11. The van der Waals surface area contributed by atoms with E-state index in [9.17, 15) is 4.79 Å². The van der Waals surface area contributed by atoms with Crippen LogP contribution in [-0.4, -0.2) is 34.2 Å². The van der Waals surface area contributed by atoms with Crippen molar-refractivity contribution in [3.05, 3.63) is 53.9 Å². The van der Waals surface area contributed by atoms with Crippen LogP contribution in [0, 0.1) is 19.8 Å². The molecule has 0 unspecified atom stereocenters. The summed E-state index contributed by atoms with van der Waals surface area (Å²) in [6, 6.07) is 13.8. The third-order valence-electron chi connectivity index (χ3n) is 5.10. The van der Waals surface area contributed by atoms with Gasteiger partial charge in [-0.1, -0.05) is 6.07 Å². The molecule has 4 rings (SSSR count). The lowest BCUT2D eigenvalue weighted by Crippen LogP contribution is -2.38. The smallest absolute Gasteiger partial charge is 0.227 e. The van der Waals surface area contributed by atoms with Crippen molar-refractivity contribution >= 4 is 28.3 Å². The van der Waals surface area contributed by atoms with Crippen LogP contribution in [0.15, 0.2) is 42.5 Å². The maximum absolute atomic E-state index is 12.8. The van der Waals surface area contributed by atoms with Gasteiger partial charge in [-0.3, -0.25) is 9.78 Å². The Labute approximate surface area is 158 Å². The molecule has 1 N–H and O–H groups in total. The highest BCUT2D eigenvalue weighted by Gasteiger charge is 2.26. The van der Waals surface area contributed by atoms with Gasteiger partial charge in [0.1, 0.15) is 0 Å². The van der Waals surface area contributed by atoms with Gasteiger partial charge in [0.05, 0.1) is 16.9 Å². The first kappa shape index (κ1) is 17.4. The highest BCUT2D eigenvalue weighted by molar-refractivity contribution is 6.01. The summed E-state index contributed by atoms with van der Waals surface area (Å²) in [5, 5.41) is 12.5. The number of amides is 1. The number of carbonyl (C=O) groups excluding carboxylic acids is 1. The minimum atomic E-state index is 0.00770. The van der Waals surface area contributed by atoms with Crippen LogP contribution in [0.5, 0.6) is 0 Å². The first-order chi connectivity index (χ1) is 13.1. The summed E-state index contributed by atoms with van der Waals surface area (Å²) in [4.78, 5) is 19.5. The van der Waals surface area contributed by atoms with Gasteiger partial charge in [-0.2, -0.15) is 5.10 Å². The van der Waals surface area contributed by atoms with Gasteiger partial charge >= 0.3 is 0 Å². The summed E-state index contributed by atoms with van der Waals surface area (Å²) in [6.07, 6.45) is 1.62. The zero-order chi connectivity index (χ0) is 18.8.